The molecule has 5 heteroatoms. The molecular weight excluding hydrogens is 268 g/mol. The van der Waals surface area contributed by atoms with E-state index in [1.807, 2.05) is 18.9 Å². The third-order valence-corrected chi connectivity index (χ3v) is 3.32. The molecule has 0 aliphatic rings. The first-order valence-corrected chi connectivity index (χ1v) is 6.76. The molecule has 0 unspecified atom stereocenters. The Kier molecular flexibility index (Phi) is 3.99. The summed E-state index contributed by atoms with van der Waals surface area (Å²) < 4.78 is 0. The first-order valence-electron chi connectivity index (χ1n) is 6.35. The number of thiocarbonyl (C=S) groups is 1. The van der Waals surface area contributed by atoms with Crippen LogP contribution in [0.1, 0.15) is 22.5 Å². The summed E-state index contributed by atoms with van der Waals surface area (Å²) >= 11 is 5.00. The van der Waals surface area contributed by atoms with Gasteiger partial charge in [0.15, 0.2) is 0 Å². The SMILES string of the molecule is Cc1ccc(N(C)c2nc(C)cc(C(N)=S)n2)c(C)c1. The molecule has 0 saturated carbocycles. The highest BCUT2D eigenvalue weighted by atomic mass is 32.1. The van der Waals surface area contributed by atoms with Crippen molar-refractivity contribution in [1.29, 1.82) is 0 Å². The molecule has 1 aromatic carbocycles. The molecule has 1 aromatic heterocycles. The van der Waals surface area contributed by atoms with Gasteiger partial charge in [-0.15, -0.1) is 0 Å². The quantitative estimate of drug-likeness (QED) is 0.879. The van der Waals surface area contributed by atoms with Crippen molar-refractivity contribution >= 4 is 28.8 Å². The summed E-state index contributed by atoms with van der Waals surface area (Å²) in [7, 11) is 1.94. The normalized spacial score (nSPS) is 10.4. The number of aryl methyl sites for hydroxylation is 3. The Bertz CT molecular complexity index is 667. The van der Waals surface area contributed by atoms with E-state index >= 15 is 0 Å². The van der Waals surface area contributed by atoms with E-state index in [9.17, 15) is 0 Å². The maximum atomic E-state index is 5.66. The Morgan fingerprint density at radius 3 is 2.45 bits per heavy atom. The van der Waals surface area contributed by atoms with Crippen molar-refractivity contribution in [2.45, 2.75) is 20.8 Å². The van der Waals surface area contributed by atoms with Crippen LogP contribution < -0.4 is 10.6 Å². The summed E-state index contributed by atoms with van der Waals surface area (Å²) in [5.74, 6) is 0.597. The predicted molar refractivity (Wildman–Crippen MR) is 86.6 cm³/mol. The van der Waals surface area contributed by atoms with E-state index in [4.69, 9.17) is 18.0 Å². The number of hydrogen-bond acceptors (Lipinski definition) is 4. The van der Waals surface area contributed by atoms with Crippen molar-refractivity contribution in [1.82, 2.24) is 9.97 Å². The van der Waals surface area contributed by atoms with Crippen molar-refractivity contribution in [3.8, 4) is 0 Å². The van der Waals surface area contributed by atoms with Crippen molar-refractivity contribution in [3.63, 3.8) is 0 Å². The van der Waals surface area contributed by atoms with Gasteiger partial charge in [-0.2, -0.15) is 0 Å². The van der Waals surface area contributed by atoms with Gasteiger partial charge in [-0.1, -0.05) is 29.9 Å². The summed E-state index contributed by atoms with van der Waals surface area (Å²) in [5.41, 5.74) is 10.6. The lowest BCUT2D eigenvalue weighted by Crippen LogP contribution is -2.19. The molecule has 0 aliphatic heterocycles. The van der Waals surface area contributed by atoms with Gasteiger partial charge in [0.1, 0.15) is 10.7 Å². The molecule has 0 saturated heterocycles. The molecular formula is C15H18N4S. The van der Waals surface area contributed by atoms with Crippen LogP contribution in [0.15, 0.2) is 24.3 Å². The standard InChI is InChI=1S/C15H18N4S/c1-9-5-6-13(10(2)7-9)19(4)15-17-11(3)8-12(18-15)14(16)20/h5-8H,1-4H3,(H2,16,20). The third kappa shape index (κ3) is 2.93. The van der Waals surface area contributed by atoms with E-state index in [2.05, 4.69) is 42.0 Å². The van der Waals surface area contributed by atoms with Gasteiger partial charge in [0, 0.05) is 18.4 Å². The summed E-state index contributed by atoms with van der Waals surface area (Å²) in [4.78, 5) is 11.1. The molecule has 0 aliphatic carbocycles. The predicted octanol–water partition coefficient (Wildman–Crippen LogP) is 2.80. The molecule has 0 bridgehead atoms. The first kappa shape index (κ1) is 14.4. The van der Waals surface area contributed by atoms with Crippen LogP contribution in [0.2, 0.25) is 0 Å². The van der Waals surface area contributed by atoms with Crippen LogP contribution in [0.5, 0.6) is 0 Å². The molecule has 1 heterocycles. The number of nitrogens with zero attached hydrogens (tertiary/aromatic N) is 3. The van der Waals surface area contributed by atoms with Crippen LogP contribution in [0.25, 0.3) is 0 Å². The van der Waals surface area contributed by atoms with Crippen LogP contribution >= 0.6 is 12.2 Å². The number of aromatic nitrogens is 2. The van der Waals surface area contributed by atoms with Gasteiger partial charge in [0.05, 0.1) is 0 Å². The molecule has 104 valence electrons. The topological polar surface area (TPSA) is 55.0 Å². The number of nitrogens with two attached hydrogens (primary N) is 1. The average molecular weight is 286 g/mol. The van der Waals surface area contributed by atoms with Gasteiger partial charge >= 0.3 is 0 Å². The lowest BCUT2D eigenvalue weighted by atomic mass is 10.1. The molecule has 20 heavy (non-hydrogen) atoms. The third-order valence-electron chi connectivity index (χ3n) is 3.11. The second-order valence-corrected chi connectivity index (χ2v) is 5.35. The van der Waals surface area contributed by atoms with Crippen molar-refractivity contribution in [2.24, 2.45) is 5.73 Å². The molecule has 4 nitrogen and oxygen atoms in total. The molecule has 2 aromatic rings. The zero-order valence-corrected chi connectivity index (χ0v) is 13.0. The summed E-state index contributed by atoms with van der Waals surface area (Å²) in [6.07, 6.45) is 0. The Morgan fingerprint density at radius 2 is 1.85 bits per heavy atom. The first-order chi connectivity index (χ1) is 9.38. The Morgan fingerprint density at radius 1 is 1.15 bits per heavy atom. The minimum Gasteiger partial charge on any atom is -0.388 e. The van der Waals surface area contributed by atoms with Crippen LogP contribution in [-0.4, -0.2) is 22.0 Å². The molecule has 2 N–H and O–H groups in total. The highest BCUT2D eigenvalue weighted by Crippen LogP contribution is 2.25. The number of benzene rings is 1. The molecule has 0 fully saturated rings. The van der Waals surface area contributed by atoms with Gasteiger partial charge in [-0.3, -0.25) is 0 Å². The van der Waals surface area contributed by atoms with Crippen molar-refractivity contribution in [3.05, 3.63) is 46.8 Å². The number of anilines is 2. The summed E-state index contributed by atoms with van der Waals surface area (Å²) in [5, 5.41) is 0. The average Bonchev–Trinajstić information content (AvgIpc) is 2.37. The Hall–Kier alpha value is -2.01. The Labute approximate surface area is 124 Å². The highest BCUT2D eigenvalue weighted by Gasteiger charge is 2.12. The van der Waals surface area contributed by atoms with Gasteiger partial charge in [-0.25, -0.2) is 9.97 Å². The van der Waals surface area contributed by atoms with E-state index in [1.54, 1.807) is 6.07 Å². The van der Waals surface area contributed by atoms with E-state index in [-0.39, 0.29) is 4.99 Å². The van der Waals surface area contributed by atoms with E-state index in [1.165, 1.54) is 11.1 Å². The van der Waals surface area contributed by atoms with E-state index < -0.39 is 0 Å². The van der Waals surface area contributed by atoms with E-state index in [0.717, 1.165) is 11.4 Å². The smallest absolute Gasteiger partial charge is 0.230 e. The zero-order valence-electron chi connectivity index (χ0n) is 12.1. The number of hydrogen-bond donors (Lipinski definition) is 1. The van der Waals surface area contributed by atoms with Crippen molar-refractivity contribution < 1.29 is 0 Å². The van der Waals surface area contributed by atoms with Crippen LogP contribution in [0, 0.1) is 20.8 Å². The minimum atomic E-state index is 0.283. The number of rotatable bonds is 3. The maximum absolute atomic E-state index is 5.66. The molecule has 0 spiro atoms. The van der Waals surface area contributed by atoms with Crippen LogP contribution in [-0.2, 0) is 0 Å². The highest BCUT2D eigenvalue weighted by molar-refractivity contribution is 7.80. The lowest BCUT2D eigenvalue weighted by Gasteiger charge is -2.20. The van der Waals surface area contributed by atoms with Gasteiger partial charge in [-0.05, 0) is 38.5 Å². The van der Waals surface area contributed by atoms with Gasteiger partial charge in [0.25, 0.3) is 0 Å². The maximum Gasteiger partial charge on any atom is 0.230 e. The van der Waals surface area contributed by atoms with Gasteiger partial charge < -0.3 is 10.6 Å². The monoisotopic (exact) mass is 286 g/mol. The lowest BCUT2D eigenvalue weighted by molar-refractivity contribution is 1.00. The summed E-state index contributed by atoms with van der Waals surface area (Å²) in [6, 6.07) is 8.07. The van der Waals surface area contributed by atoms with E-state index in [0.29, 0.717) is 11.6 Å². The van der Waals surface area contributed by atoms with Gasteiger partial charge in [0.2, 0.25) is 5.95 Å². The molecule has 0 radical (unpaired) electrons. The largest absolute Gasteiger partial charge is 0.388 e. The van der Waals surface area contributed by atoms with Crippen molar-refractivity contribution in [2.75, 3.05) is 11.9 Å². The fourth-order valence-corrected chi connectivity index (χ4v) is 2.22. The minimum absolute atomic E-state index is 0.283. The fourth-order valence-electron chi connectivity index (χ4n) is 2.12. The molecule has 0 amide bonds. The molecule has 0 atom stereocenters. The summed E-state index contributed by atoms with van der Waals surface area (Å²) in [6.45, 7) is 6.05. The molecule has 2 rings (SSSR count). The van der Waals surface area contributed by atoms with Crippen LogP contribution in [0.3, 0.4) is 0 Å². The second kappa shape index (κ2) is 5.54. The zero-order chi connectivity index (χ0) is 14.9. The second-order valence-electron chi connectivity index (χ2n) is 4.91. The van der Waals surface area contributed by atoms with Crippen LogP contribution in [0.4, 0.5) is 11.6 Å². The fraction of sp³-hybridized carbons (Fsp3) is 0.267. The Balaban J connectivity index is 2.47.